The minimum absolute atomic E-state index is 0.148. The van der Waals surface area contributed by atoms with E-state index in [1.165, 1.54) is 6.26 Å². The minimum Gasteiger partial charge on any atom is -0.237 e. The van der Waals surface area contributed by atoms with E-state index in [1.54, 1.807) is 0 Å². The molecule has 4 heteroatoms. The first-order valence-electron chi connectivity index (χ1n) is 2.82. The SMILES string of the molecule is CS(=O)(=O)CCCC[O]. The van der Waals surface area contributed by atoms with Crippen molar-refractivity contribution < 1.29 is 13.5 Å². The molecular weight excluding hydrogens is 140 g/mol. The minimum atomic E-state index is -2.84. The van der Waals surface area contributed by atoms with E-state index in [1.807, 2.05) is 0 Å². The fourth-order valence-electron chi connectivity index (χ4n) is 0.466. The van der Waals surface area contributed by atoms with Crippen molar-refractivity contribution in [2.75, 3.05) is 18.6 Å². The second-order valence-corrected chi connectivity index (χ2v) is 4.30. The summed E-state index contributed by atoms with van der Waals surface area (Å²) in [6.07, 6.45) is 2.15. The molecule has 1 radical (unpaired) electrons. The van der Waals surface area contributed by atoms with Gasteiger partial charge in [-0.3, -0.25) is 0 Å². The Hall–Kier alpha value is -0.0900. The highest BCUT2D eigenvalue weighted by Crippen LogP contribution is 1.92. The second kappa shape index (κ2) is 3.85. The Balaban J connectivity index is 3.30. The first kappa shape index (κ1) is 8.91. The van der Waals surface area contributed by atoms with Crippen LogP contribution in [0.25, 0.3) is 0 Å². The van der Waals surface area contributed by atoms with Gasteiger partial charge in [-0.15, -0.1) is 0 Å². The third-order valence-electron chi connectivity index (χ3n) is 0.909. The van der Waals surface area contributed by atoms with Crippen LogP contribution in [0.2, 0.25) is 0 Å². The van der Waals surface area contributed by atoms with E-state index >= 15 is 0 Å². The number of unbranched alkanes of at least 4 members (excludes halogenated alkanes) is 1. The lowest BCUT2D eigenvalue weighted by Gasteiger charge is -1.92. The van der Waals surface area contributed by atoms with E-state index in [2.05, 4.69) is 0 Å². The van der Waals surface area contributed by atoms with Crippen LogP contribution in [0.4, 0.5) is 0 Å². The van der Waals surface area contributed by atoms with Crippen LogP contribution < -0.4 is 0 Å². The Morgan fingerprint density at radius 3 is 2.11 bits per heavy atom. The normalized spacial score (nSPS) is 11.8. The van der Waals surface area contributed by atoms with Crippen molar-refractivity contribution >= 4 is 9.84 Å². The van der Waals surface area contributed by atoms with Gasteiger partial charge in [-0.2, -0.15) is 0 Å². The molecular formula is C5H11O3S. The molecule has 0 spiro atoms. The summed E-state index contributed by atoms with van der Waals surface area (Å²) in [4.78, 5) is 0. The van der Waals surface area contributed by atoms with Gasteiger partial charge < -0.3 is 0 Å². The van der Waals surface area contributed by atoms with E-state index in [0.717, 1.165) is 0 Å². The Morgan fingerprint density at radius 1 is 1.22 bits per heavy atom. The van der Waals surface area contributed by atoms with Gasteiger partial charge in [0.15, 0.2) is 0 Å². The third-order valence-corrected chi connectivity index (χ3v) is 1.94. The summed E-state index contributed by atoms with van der Waals surface area (Å²) < 4.78 is 20.8. The molecule has 0 saturated heterocycles. The first-order valence-corrected chi connectivity index (χ1v) is 4.88. The van der Waals surface area contributed by atoms with E-state index in [-0.39, 0.29) is 12.4 Å². The van der Waals surface area contributed by atoms with Gasteiger partial charge in [0.05, 0.1) is 6.61 Å². The molecule has 0 N–H and O–H groups in total. The summed E-state index contributed by atoms with van der Waals surface area (Å²) in [5, 5.41) is 9.82. The quantitative estimate of drug-likeness (QED) is 0.540. The third kappa shape index (κ3) is 7.91. The van der Waals surface area contributed by atoms with Crippen molar-refractivity contribution in [3.8, 4) is 0 Å². The molecule has 55 valence electrons. The molecule has 0 aromatic carbocycles. The fourth-order valence-corrected chi connectivity index (χ4v) is 1.19. The molecule has 0 saturated carbocycles. The lowest BCUT2D eigenvalue weighted by atomic mass is 10.4. The van der Waals surface area contributed by atoms with Crippen molar-refractivity contribution in [2.24, 2.45) is 0 Å². The van der Waals surface area contributed by atoms with Crippen molar-refractivity contribution in [1.29, 1.82) is 0 Å². The van der Waals surface area contributed by atoms with Gasteiger partial charge in [-0.1, -0.05) is 0 Å². The van der Waals surface area contributed by atoms with Gasteiger partial charge in [0.25, 0.3) is 0 Å². The molecule has 0 aliphatic carbocycles. The highest BCUT2D eigenvalue weighted by atomic mass is 32.2. The van der Waals surface area contributed by atoms with Gasteiger partial charge in [0.1, 0.15) is 9.84 Å². The molecule has 9 heavy (non-hydrogen) atoms. The van der Waals surface area contributed by atoms with E-state index in [0.29, 0.717) is 12.8 Å². The maximum absolute atomic E-state index is 10.4. The smallest absolute Gasteiger partial charge is 0.147 e. The largest absolute Gasteiger partial charge is 0.237 e. The standard InChI is InChI=1S/C5H11O3S/c1-9(7,8)5-3-2-4-6/h2-5H2,1H3. The average molecular weight is 151 g/mol. The van der Waals surface area contributed by atoms with Crippen LogP contribution >= 0.6 is 0 Å². The summed E-state index contributed by atoms with van der Waals surface area (Å²) in [6, 6.07) is 0. The zero-order chi connectivity index (χ0) is 7.33. The van der Waals surface area contributed by atoms with E-state index in [9.17, 15) is 13.5 Å². The summed E-state index contributed by atoms with van der Waals surface area (Å²) in [5.41, 5.74) is 0. The number of rotatable bonds is 4. The second-order valence-electron chi connectivity index (χ2n) is 2.04. The summed E-state index contributed by atoms with van der Waals surface area (Å²) >= 11 is 0. The molecule has 0 atom stereocenters. The molecule has 0 aromatic heterocycles. The highest BCUT2D eigenvalue weighted by Gasteiger charge is 1.99. The van der Waals surface area contributed by atoms with Crippen LogP contribution in [-0.2, 0) is 14.9 Å². The summed E-state index contributed by atoms with van der Waals surface area (Å²) in [5.74, 6) is 0.148. The van der Waals surface area contributed by atoms with Crippen molar-refractivity contribution in [2.45, 2.75) is 12.8 Å². The average Bonchev–Trinajstić information content (AvgIpc) is 1.63. The van der Waals surface area contributed by atoms with Crippen LogP contribution in [0.5, 0.6) is 0 Å². The molecule has 3 nitrogen and oxygen atoms in total. The van der Waals surface area contributed by atoms with Crippen LogP contribution in [0.1, 0.15) is 12.8 Å². The molecule has 0 bridgehead atoms. The zero-order valence-corrected chi connectivity index (χ0v) is 6.28. The molecule has 0 unspecified atom stereocenters. The van der Waals surface area contributed by atoms with Gasteiger partial charge in [-0.05, 0) is 12.8 Å². The Bertz CT molecular complexity index is 148. The molecule has 0 aliphatic heterocycles. The fraction of sp³-hybridized carbons (Fsp3) is 1.00. The number of hydrogen-bond acceptors (Lipinski definition) is 2. The molecule has 0 rings (SSSR count). The number of sulfone groups is 1. The monoisotopic (exact) mass is 151 g/mol. The summed E-state index contributed by atoms with van der Waals surface area (Å²) in [6.45, 7) is -0.171. The topological polar surface area (TPSA) is 54.0 Å². The van der Waals surface area contributed by atoms with Crippen molar-refractivity contribution in [1.82, 2.24) is 0 Å². The van der Waals surface area contributed by atoms with Crippen LogP contribution in [0, 0.1) is 0 Å². The Kier molecular flexibility index (Phi) is 3.81. The van der Waals surface area contributed by atoms with Crippen LogP contribution in [0.3, 0.4) is 0 Å². The number of hydrogen-bond donors (Lipinski definition) is 0. The molecule has 0 aliphatic rings. The predicted octanol–water partition coefficient (Wildman–Crippen LogP) is 0.242. The molecule has 0 heterocycles. The lowest BCUT2D eigenvalue weighted by Crippen LogP contribution is -2.02. The van der Waals surface area contributed by atoms with E-state index < -0.39 is 9.84 Å². The zero-order valence-electron chi connectivity index (χ0n) is 5.46. The molecule has 0 fully saturated rings. The van der Waals surface area contributed by atoms with Gasteiger partial charge in [0, 0.05) is 12.0 Å². The van der Waals surface area contributed by atoms with Crippen LogP contribution in [-0.4, -0.2) is 27.0 Å². The maximum atomic E-state index is 10.4. The first-order chi connectivity index (χ1) is 4.06. The molecule has 0 aromatic rings. The highest BCUT2D eigenvalue weighted by molar-refractivity contribution is 7.90. The maximum Gasteiger partial charge on any atom is 0.147 e. The molecule has 0 amide bonds. The Labute approximate surface area is 55.6 Å². The van der Waals surface area contributed by atoms with E-state index in [4.69, 9.17) is 0 Å². The van der Waals surface area contributed by atoms with Gasteiger partial charge in [-0.25, -0.2) is 13.5 Å². The van der Waals surface area contributed by atoms with Crippen molar-refractivity contribution in [3.63, 3.8) is 0 Å². The van der Waals surface area contributed by atoms with Gasteiger partial charge in [0.2, 0.25) is 0 Å². The summed E-state index contributed by atoms with van der Waals surface area (Å²) in [7, 11) is -2.84. The lowest BCUT2D eigenvalue weighted by molar-refractivity contribution is 0.188. The van der Waals surface area contributed by atoms with Crippen LogP contribution in [0.15, 0.2) is 0 Å². The Morgan fingerprint density at radius 2 is 1.78 bits per heavy atom. The van der Waals surface area contributed by atoms with Gasteiger partial charge >= 0.3 is 0 Å². The van der Waals surface area contributed by atoms with Crippen molar-refractivity contribution in [3.05, 3.63) is 0 Å². The predicted molar refractivity (Wildman–Crippen MR) is 34.5 cm³/mol.